The Kier molecular flexibility index (Phi) is 8.20. The average Bonchev–Trinajstić information content (AvgIpc) is 3.51. The van der Waals surface area contributed by atoms with Crippen molar-refractivity contribution in [3.8, 4) is 16.8 Å². The fourth-order valence-electron chi connectivity index (χ4n) is 4.09. The van der Waals surface area contributed by atoms with Crippen LogP contribution in [-0.2, 0) is 20.7 Å². The zero-order valence-electron chi connectivity index (χ0n) is 21.2. The molecule has 0 radical (unpaired) electrons. The highest BCUT2D eigenvalue weighted by Crippen LogP contribution is 2.37. The van der Waals surface area contributed by atoms with E-state index in [0.29, 0.717) is 38.5 Å². The normalized spacial score (nSPS) is 11.0. The van der Waals surface area contributed by atoms with Crippen LogP contribution in [0.15, 0.2) is 76.0 Å². The number of benzene rings is 2. The molecule has 11 heteroatoms. The average molecular weight is 577 g/mol. The molecular formula is C28H24N4O4S3. The molecule has 0 saturated heterocycles. The molecule has 0 fully saturated rings. The molecule has 0 bridgehead atoms. The minimum Gasteiger partial charge on any atom is -0.466 e. The zero-order chi connectivity index (χ0) is 27.4. The number of esters is 1. The van der Waals surface area contributed by atoms with Gasteiger partial charge in [-0.15, -0.1) is 22.7 Å². The molecule has 0 aliphatic carbocycles. The van der Waals surface area contributed by atoms with E-state index in [0.717, 1.165) is 16.0 Å². The number of fused-ring (bicyclic) bond motifs is 1. The van der Waals surface area contributed by atoms with E-state index in [4.69, 9.17) is 9.72 Å². The predicted molar refractivity (Wildman–Crippen MR) is 157 cm³/mol. The number of thiophene rings is 1. The van der Waals surface area contributed by atoms with Crippen molar-refractivity contribution in [3.05, 3.63) is 87.0 Å². The number of rotatable bonds is 9. The lowest BCUT2D eigenvalue weighted by Gasteiger charge is -2.12. The number of nitrogens with zero attached hydrogens (tertiary/aromatic N) is 3. The summed E-state index contributed by atoms with van der Waals surface area (Å²) in [5, 5.41) is 5.87. The third-order valence-corrected chi connectivity index (χ3v) is 8.45. The van der Waals surface area contributed by atoms with Crippen molar-refractivity contribution in [1.82, 2.24) is 14.5 Å². The van der Waals surface area contributed by atoms with Gasteiger partial charge in [-0.1, -0.05) is 60.3 Å². The number of ether oxygens (including phenoxy) is 1. The Morgan fingerprint density at radius 2 is 1.77 bits per heavy atom. The fraction of sp³-hybridized carbons (Fsp3) is 0.179. The number of aromatic nitrogens is 3. The molecule has 0 saturated carbocycles. The second kappa shape index (κ2) is 11.9. The van der Waals surface area contributed by atoms with Crippen LogP contribution in [0.25, 0.3) is 27.0 Å². The monoisotopic (exact) mass is 576 g/mol. The lowest BCUT2D eigenvalue weighted by atomic mass is 10.0. The maximum atomic E-state index is 14.0. The first-order valence-electron chi connectivity index (χ1n) is 12.1. The molecule has 0 unspecified atom stereocenters. The van der Waals surface area contributed by atoms with Crippen molar-refractivity contribution < 1.29 is 14.3 Å². The van der Waals surface area contributed by atoms with Crippen LogP contribution < -0.4 is 10.9 Å². The summed E-state index contributed by atoms with van der Waals surface area (Å²) in [5.41, 5.74) is 2.88. The van der Waals surface area contributed by atoms with Gasteiger partial charge >= 0.3 is 5.97 Å². The number of anilines is 1. The lowest BCUT2D eigenvalue weighted by molar-refractivity contribution is -0.142. The quantitative estimate of drug-likeness (QED) is 0.136. The highest BCUT2D eigenvalue weighted by Gasteiger charge is 2.21. The molecule has 8 nitrogen and oxygen atoms in total. The maximum absolute atomic E-state index is 14.0. The topological polar surface area (TPSA) is 103 Å². The van der Waals surface area contributed by atoms with Crippen LogP contribution in [0.1, 0.15) is 17.5 Å². The van der Waals surface area contributed by atoms with Crippen LogP contribution in [0.3, 0.4) is 0 Å². The van der Waals surface area contributed by atoms with Crippen LogP contribution >= 0.6 is 34.4 Å². The largest absolute Gasteiger partial charge is 0.466 e. The highest BCUT2D eigenvalue weighted by molar-refractivity contribution is 7.99. The number of amides is 1. The van der Waals surface area contributed by atoms with E-state index in [1.165, 1.54) is 34.4 Å². The summed E-state index contributed by atoms with van der Waals surface area (Å²) in [4.78, 5) is 49.3. The van der Waals surface area contributed by atoms with E-state index in [-0.39, 0.29) is 29.6 Å². The van der Waals surface area contributed by atoms with Crippen LogP contribution in [0.5, 0.6) is 0 Å². The third kappa shape index (κ3) is 5.95. The van der Waals surface area contributed by atoms with Gasteiger partial charge in [0, 0.05) is 15.8 Å². The third-order valence-electron chi connectivity index (χ3n) is 5.71. The van der Waals surface area contributed by atoms with Crippen LogP contribution in [0, 0.1) is 6.92 Å². The first kappa shape index (κ1) is 26.8. The molecule has 198 valence electrons. The van der Waals surface area contributed by atoms with Gasteiger partial charge in [-0.25, -0.2) is 9.97 Å². The van der Waals surface area contributed by atoms with Gasteiger partial charge in [0.2, 0.25) is 5.91 Å². The van der Waals surface area contributed by atoms with Crippen LogP contribution in [-0.4, -0.2) is 38.8 Å². The first-order valence-corrected chi connectivity index (χ1v) is 14.8. The smallest absolute Gasteiger partial charge is 0.311 e. The van der Waals surface area contributed by atoms with Gasteiger partial charge < -0.3 is 10.1 Å². The second-order valence-corrected chi connectivity index (χ2v) is 11.4. The molecule has 1 amide bonds. The van der Waals surface area contributed by atoms with E-state index in [1.54, 1.807) is 16.9 Å². The van der Waals surface area contributed by atoms with Crippen molar-refractivity contribution in [2.24, 2.45) is 0 Å². The van der Waals surface area contributed by atoms with Gasteiger partial charge in [-0.2, -0.15) is 0 Å². The summed E-state index contributed by atoms with van der Waals surface area (Å²) < 4.78 is 6.52. The van der Waals surface area contributed by atoms with Gasteiger partial charge in [0.1, 0.15) is 4.83 Å². The molecule has 0 spiro atoms. The fourth-order valence-corrected chi connectivity index (χ4v) is 6.71. The summed E-state index contributed by atoms with van der Waals surface area (Å²) in [6.45, 7) is 4.04. The number of hydrogen-bond donors (Lipinski definition) is 1. The second-order valence-electron chi connectivity index (χ2n) is 8.41. The minimum atomic E-state index is -0.365. The van der Waals surface area contributed by atoms with Crippen molar-refractivity contribution in [2.45, 2.75) is 25.4 Å². The Labute approximate surface area is 236 Å². The molecular weight excluding hydrogens is 553 g/mol. The van der Waals surface area contributed by atoms with Crippen LogP contribution in [0.2, 0.25) is 0 Å². The molecule has 0 aliphatic rings. The van der Waals surface area contributed by atoms with E-state index in [1.807, 2.05) is 67.6 Å². The Morgan fingerprint density at radius 3 is 2.49 bits per heavy atom. The highest BCUT2D eigenvalue weighted by atomic mass is 32.2. The van der Waals surface area contributed by atoms with Crippen molar-refractivity contribution in [3.63, 3.8) is 0 Å². The van der Waals surface area contributed by atoms with E-state index < -0.39 is 0 Å². The minimum absolute atomic E-state index is 0.0213. The first-order chi connectivity index (χ1) is 18.9. The van der Waals surface area contributed by atoms with E-state index in [9.17, 15) is 14.4 Å². The number of carbonyl (C=O) groups excluding carboxylic acids is 2. The standard InChI is InChI=1S/C28H24N4O4S3/c1-3-36-22(34)14-19-15-37-27(29-19)30-21(33)16-38-28-31-25-24(26(35)32(28)20-12-8-5-9-13-20)23(17(2)39-25)18-10-6-4-7-11-18/h4-13,15H,3,14,16H2,1-2H3,(H,29,30,33). The molecule has 3 heterocycles. The molecule has 3 aromatic heterocycles. The van der Waals surface area contributed by atoms with E-state index in [2.05, 4.69) is 10.3 Å². The Bertz CT molecular complexity index is 1690. The Morgan fingerprint density at radius 1 is 1.05 bits per heavy atom. The Balaban J connectivity index is 1.44. The summed E-state index contributed by atoms with van der Waals surface area (Å²) in [7, 11) is 0. The summed E-state index contributed by atoms with van der Waals surface area (Å²) in [6.07, 6.45) is 0.0491. The summed E-state index contributed by atoms with van der Waals surface area (Å²) in [5.74, 6) is -0.637. The summed E-state index contributed by atoms with van der Waals surface area (Å²) in [6, 6.07) is 19.1. The van der Waals surface area contributed by atoms with Crippen molar-refractivity contribution in [1.29, 1.82) is 0 Å². The predicted octanol–water partition coefficient (Wildman–Crippen LogP) is 5.72. The number of hydrogen-bond acceptors (Lipinski definition) is 9. The molecule has 2 aromatic carbocycles. The molecule has 5 rings (SSSR count). The SMILES string of the molecule is CCOC(=O)Cc1csc(NC(=O)CSc2nc3sc(C)c(-c4ccccc4)c3c(=O)n2-c2ccccc2)n1. The number of thioether (sulfide) groups is 1. The zero-order valence-corrected chi connectivity index (χ0v) is 23.6. The lowest BCUT2D eigenvalue weighted by Crippen LogP contribution is -2.22. The van der Waals surface area contributed by atoms with Gasteiger partial charge in [0.15, 0.2) is 10.3 Å². The van der Waals surface area contributed by atoms with E-state index >= 15 is 0 Å². The number of nitrogens with one attached hydrogen (secondary N) is 1. The molecule has 39 heavy (non-hydrogen) atoms. The van der Waals surface area contributed by atoms with Gasteiger partial charge in [0.05, 0.1) is 35.5 Å². The van der Waals surface area contributed by atoms with Gasteiger partial charge in [-0.3, -0.25) is 19.0 Å². The van der Waals surface area contributed by atoms with Crippen LogP contribution in [0.4, 0.5) is 5.13 Å². The molecule has 0 atom stereocenters. The van der Waals surface area contributed by atoms with Crippen molar-refractivity contribution >= 4 is 61.7 Å². The number of thiazole rings is 1. The molecule has 0 aliphatic heterocycles. The molecule has 5 aromatic rings. The Hall–Kier alpha value is -3.80. The van der Waals surface area contributed by atoms with Gasteiger partial charge in [0.25, 0.3) is 5.56 Å². The number of aryl methyl sites for hydroxylation is 1. The molecule has 1 N–H and O–H groups in total. The number of carbonyl (C=O) groups is 2. The summed E-state index contributed by atoms with van der Waals surface area (Å²) >= 11 is 3.89. The maximum Gasteiger partial charge on any atom is 0.311 e. The number of para-hydroxylation sites is 1. The van der Waals surface area contributed by atoms with Gasteiger partial charge in [-0.05, 0) is 31.5 Å². The van der Waals surface area contributed by atoms with Crippen molar-refractivity contribution in [2.75, 3.05) is 17.7 Å².